The second kappa shape index (κ2) is 6.26. The zero-order valence-corrected chi connectivity index (χ0v) is 14.9. The summed E-state index contributed by atoms with van der Waals surface area (Å²) >= 11 is 12.2. The van der Waals surface area contributed by atoms with Crippen molar-refractivity contribution in [3.8, 4) is 5.75 Å². The molecule has 0 aliphatic heterocycles. The van der Waals surface area contributed by atoms with Crippen LogP contribution in [0.4, 0.5) is 5.69 Å². The first kappa shape index (κ1) is 17.1. The number of amides is 1. The topological polar surface area (TPSA) is 51.2 Å². The van der Waals surface area contributed by atoms with E-state index in [4.69, 9.17) is 27.9 Å². The number of alkyl halides is 2. The third-order valence-corrected chi connectivity index (χ3v) is 4.78. The first-order chi connectivity index (χ1) is 11.3. The number of hydrogen-bond acceptors (Lipinski definition) is 3. The summed E-state index contributed by atoms with van der Waals surface area (Å²) in [4.78, 5) is 16.4. The predicted octanol–water partition coefficient (Wildman–Crippen LogP) is 4.54. The number of rotatable bonds is 5. The highest BCUT2D eigenvalue weighted by Crippen LogP contribution is 2.59. The lowest BCUT2D eigenvalue weighted by molar-refractivity contribution is -0.128. The molecule has 4 nitrogen and oxygen atoms in total. The zero-order valence-electron chi connectivity index (χ0n) is 13.4. The standard InChI is InChI=1S/C18H18Cl2N2O2/c1-17(2,16(23)22-13-4-3-9-21-11-13)24-14-7-5-12(6-8-14)15-10-18(15,19)20/h3-9,11,15H,10H2,1-2H3,(H,22,23). The largest absolute Gasteiger partial charge is 0.478 e. The number of anilines is 1. The molecule has 2 aromatic rings. The van der Waals surface area contributed by atoms with Gasteiger partial charge in [0.15, 0.2) is 5.60 Å². The fraction of sp³-hybridized carbons (Fsp3) is 0.333. The third kappa shape index (κ3) is 3.82. The fourth-order valence-corrected chi connectivity index (χ4v) is 2.96. The highest BCUT2D eigenvalue weighted by molar-refractivity contribution is 6.51. The normalized spacial score (nSPS) is 18.8. The van der Waals surface area contributed by atoms with Crippen molar-refractivity contribution in [2.75, 3.05) is 5.32 Å². The number of carbonyl (C=O) groups is 1. The Morgan fingerprint density at radius 3 is 2.50 bits per heavy atom. The van der Waals surface area contributed by atoms with Crippen LogP contribution in [0.5, 0.6) is 5.75 Å². The SMILES string of the molecule is CC(C)(Oc1ccc(C2CC2(Cl)Cl)cc1)C(=O)Nc1cccnc1. The van der Waals surface area contributed by atoms with Crippen LogP contribution < -0.4 is 10.1 Å². The molecule has 126 valence electrons. The summed E-state index contributed by atoms with van der Waals surface area (Å²) in [5.74, 6) is 0.527. The van der Waals surface area contributed by atoms with Crippen LogP contribution in [0.3, 0.4) is 0 Å². The summed E-state index contributed by atoms with van der Waals surface area (Å²) in [5, 5.41) is 2.79. The van der Waals surface area contributed by atoms with Gasteiger partial charge in [-0.25, -0.2) is 0 Å². The molecule has 0 spiro atoms. The molecule has 0 bridgehead atoms. The van der Waals surface area contributed by atoms with Gasteiger partial charge in [0, 0.05) is 12.1 Å². The minimum Gasteiger partial charge on any atom is -0.478 e. The lowest BCUT2D eigenvalue weighted by Gasteiger charge is -2.25. The Labute approximate surface area is 151 Å². The Bertz CT molecular complexity index is 730. The first-order valence-corrected chi connectivity index (χ1v) is 8.42. The monoisotopic (exact) mass is 364 g/mol. The van der Waals surface area contributed by atoms with Crippen molar-refractivity contribution < 1.29 is 9.53 Å². The van der Waals surface area contributed by atoms with E-state index in [1.165, 1.54) is 0 Å². The summed E-state index contributed by atoms with van der Waals surface area (Å²) in [6.07, 6.45) is 3.99. The Kier molecular flexibility index (Phi) is 4.45. The summed E-state index contributed by atoms with van der Waals surface area (Å²) in [6, 6.07) is 11.1. The van der Waals surface area contributed by atoms with Gasteiger partial charge in [0.25, 0.3) is 5.91 Å². The van der Waals surface area contributed by atoms with E-state index >= 15 is 0 Å². The number of benzene rings is 1. The van der Waals surface area contributed by atoms with Crippen molar-refractivity contribution in [3.05, 3.63) is 54.4 Å². The smallest absolute Gasteiger partial charge is 0.268 e. The van der Waals surface area contributed by atoms with Crippen molar-refractivity contribution in [3.63, 3.8) is 0 Å². The van der Waals surface area contributed by atoms with E-state index in [-0.39, 0.29) is 11.8 Å². The highest BCUT2D eigenvalue weighted by atomic mass is 35.5. The molecule has 0 radical (unpaired) electrons. The van der Waals surface area contributed by atoms with Gasteiger partial charge in [-0.05, 0) is 50.1 Å². The molecular weight excluding hydrogens is 347 g/mol. The van der Waals surface area contributed by atoms with Crippen molar-refractivity contribution in [1.29, 1.82) is 0 Å². The molecule has 1 heterocycles. The van der Waals surface area contributed by atoms with Crippen LogP contribution in [0.2, 0.25) is 0 Å². The molecule has 1 atom stereocenters. The second-order valence-electron chi connectivity index (χ2n) is 6.39. The van der Waals surface area contributed by atoms with Crippen LogP contribution in [0.15, 0.2) is 48.8 Å². The van der Waals surface area contributed by atoms with Gasteiger partial charge in [-0.15, -0.1) is 23.2 Å². The van der Waals surface area contributed by atoms with Gasteiger partial charge in [0.1, 0.15) is 10.1 Å². The average Bonchev–Trinajstić information content (AvgIpc) is 3.17. The minimum absolute atomic E-state index is 0.164. The van der Waals surface area contributed by atoms with E-state index < -0.39 is 9.93 Å². The maximum absolute atomic E-state index is 12.4. The molecular formula is C18H18Cl2N2O2. The molecule has 0 saturated heterocycles. The quantitative estimate of drug-likeness (QED) is 0.792. The van der Waals surface area contributed by atoms with Crippen LogP contribution in [0.25, 0.3) is 0 Å². The maximum Gasteiger partial charge on any atom is 0.268 e. The van der Waals surface area contributed by atoms with E-state index in [0.717, 1.165) is 12.0 Å². The number of carbonyl (C=O) groups excluding carboxylic acids is 1. The molecule has 1 amide bonds. The van der Waals surface area contributed by atoms with Gasteiger partial charge < -0.3 is 10.1 Å². The highest BCUT2D eigenvalue weighted by Gasteiger charge is 2.52. The average molecular weight is 365 g/mol. The molecule has 1 fully saturated rings. The molecule has 1 aliphatic carbocycles. The number of pyridine rings is 1. The van der Waals surface area contributed by atoms with Gasteiger partial charge >= 0.3 is 0 Å². The van der Waals surface area contributed by atoms with E-state index in [1.54, 1.807) is 38.4 Å². The van der Waals surface area contributed by atoms with Crippen LogP contribution in [0, 0.1) is 0 Å². The van der Waals surface area contributed by atoms with Gasteiger partial charge in [-0.2, -0.15) is 0 Å². The molecule has 1 N–H and O–H groups in total. The Morgan fingerprint density at radius 1 is 1.29 bits per heavy atom. The number of nitrogens with one attached hydrogen (secondary N) is 1. The first-order valence-electron chi connectivity index (χ1n) is 7.66. The fourth-order valence-electron chi connectivity index (χ4n) is 2.40. The van der Waals surface area contributed by atoms with Crippen LogP contribution in [-0.2, 0) is 4.79 Å². The van der Waals surface area contributed by atoms with Gasteiger partial charge in [0.05, 0.1) is 11.9 Å². The molecule has 1 aromatic heterocycles. The van der Waals surface area contributed by atoms with Gasteiger partial charge in [0.2, 0.25) is 0 Å². The molecule has 1 unspecified atom stereocenters. The molecule has 1 aromatic carbocycles. The van der Waals surface area contributed by atoms with Crippen LogP contribution >= 0.6 is 23.2 Å². The van der Waals surface area contributed by atoms with E-state index in [0.29, 0.717) is 11.4 Å². The Balaban J connectivity index is 1.64. The van der Waals surface area contributed by atoms with Crippen molar-refractivity contribution >= 4 is 34.8 Å². The summed E-state index contributed by atoms with van der Waals surface area (Å²) in [6.45, 7) is 3.44. The maximum atomic E-state index is 12.4. The van der Waals surface area contributed by atoms with Crippen molar-refractivity contribution in [2.24, 2.45) is 0 Å². The summed E-state index contributed by atoms with van der Waals surface area (Å²) in [5.41, 5.74) is 0.674. The lowest BCUT2D eigenvalue weighted by atomic mass is 10.1. The zero-order chi connectivity index (χ0) is 17.4. The number of ether oxygens (including phenoxy) is 1. The van der Waals surface area contributed by atoms with Crippen molar-refractivity contribution in [2.45, 2.75) is 36.1 Å². The number of aromatic nitrogens is 1. The van der Waals surface area contributed by atoms with E-state index in [9.17, 15) is 4.79 Å². The molecule has 6 heteroatoms. The molecule has 24 heavy (non-hydrogen) atoms. The second-order valence-corrected chi connectivity index (χ2v) is 7.94. The van der Waals surface area contributed by atoms with Crippen molar-refractivity contribution in [1.82, 2.24) is 4.98 Å². The number of hydrogen-bond donors (Lipinski definition) is 1. The molecule has 3 rings (SSSR count). The van der Waals surface area contributed by atoms with Gasteiger partial charge in [-0.3, -0.25) is 9.78 Å². The molecule has 1 aliphatic rings. The van der Waals surface area contributed by atoms with Crippen LogP contribution in [0.1, 0.15) is 31.7 Å². The summed E-state index contributed by atoms with van der Waals surface area (Å²) in [7, 11) is 0. The van der Waals surface area contributed by atoms with Crippen LogP contribution in [-0.4, -0.2) is 20.8 Å². The lowest BCUT2D eigenvalue weighted by Crippen LogP contribution is -2.42. The minimum atomic E-state index is -1.03. The Hall–Kier alpha value is -1.78. The van der Waals surface area contributed by atoms with Gasteiger partial charge in [-0.1, -0.05) is 12.1 Å². The van der Waals surface area contributed by atoms with E-state index in [2.05, 4.69) is 10.3 Å². The molecule has 1 saturated carbocycles. The summed E-state index contributed by atoms with van der Waals surface area (Å²) < 4.78 is 5.20. The van der Waals surface area contributed by atoms with E-state index in [1.807, 2.05) is 24.3 Å². The third-order valence-electron chi connectivity index (χ3n) is 3.95. The number of nitrogens with zero attached hydrogens (tertiary/aromatic N) is 1. The Morgan fingerprint density at radius 2 is 1.96 bits per heavy atom. The number of halogens is 2. The predicted molar refractivity (Wildman–Crippen MR) is 95.8 cm³/mol.